The van der Waals surface area contributed by atoms with Crippen molar-refractivity contribution in [2.75, 3.05) is 5.32 Å². The van der Waals surface area contributed by atoms with Crippen LogP contribution in [0.4, 0.5) is 5.82 Å². The summed E-state index contributed by atoms with van der Waals surface area (Å²) in [7, 11) is 0. The highest BCUT2D eigenvalue weighted by molar-refractivity contribution is 5.76. The van der Waals surface area contributed by atoms with E-state index in [0.29, 0.717) is 6.54 Å². The molecule has 0 unspecified atom stereocenters. The highest BCUT2D eigenvalue weighted by Crippen LogP contribution is 2.16. The quantitative estimate of drug-likeness (QED) is 0.785. The van der Waals surface area contributed by atoms with E-state index in [9.17, 15) is 0 Å². The Hall–Kier alpha value is -2.50. The molecule has 3 rings (SSSR count). The second-order valence-electron chi connectivity index (χ2n) is 4.53. The third-order valence-corrected chi connectivity index (χ3v) is 3.20. The number of hydrogen-bond acceptors (Lipinski definition) is 5. The van der Waals surface area contributed by atoms with Crippen LogP contribution >= 0.6 is 0 Å². The van der Waals surface area contributed by atoms with Crippen LogP contribution in [-0.2, 0) is 13.1 Å². The molecule has 0 amide bonds. The summed E-state index contributed by atoms with van der Waals surface area (Å²) in [6, 6.07) is 7.85. The Kier molecular flexibility index (Phi) is 3.28. The van der Waals surface area contributed by atoms with Gasteiger partial charge in [0.25, 0.3) is 0 Å². The number of aryl methyl sites for hydroxylation is 2. The molecule has 6 heteroatoms. The number of nitrogens with zero attached hydrogens (tertiary/aromatic N) is 5. The standard InChI is InChI=1S/C14H16N6/c1-3-20-9-16-19-13(20)8-15-14-10(2)17-11-6-4-5-7-12(11)18-14/h4-7,9H,3,8H2,1-2H3,(H,15,18). The zero-order chi connectivity index (χ0) is 13.9. The molecule has 0 saturated carbocycles. The smallest absolute Gasteiger partial charge is 0.152 e. The van der Waals surface area contributed by atoms with E-state index in [1.165, 1.54) is 0 Å². The molecule has 2 aromatic heterocycles. The van der Waals surface area contributed by atoms with Crippen molar-refractivity contribution in [2.45, 2.75) is 26.9 Å². The highest BCUT2D eigenvalue weighted by atomic mass is 15.3. The van der Waals surface area contributed by atoms with Gasteiger partial charge in [0, 0.05) is 6.54 Å². The molecule has 0 radical (unpaired) electrons. The molecule has 0 atom stereocenters. The van der Waals surface area contributed by atoms with Crippen molar-refractivity contribution in [1.29, 1.82) is 0 Å². The molecular weight excluding hydrogens is 252 g/mol. The predicted octanol–water partition coefficient (Wildman–Crippen LogP) is 2.16. The molecule has 6 nitrogen and oxygen atoms in total. The second kappa shape index (κ2) is 5.24. The first-order valence-corrected chi connectivity index (χ1v) is 6.62. The minimum absolute atomic E-state index is 0.585. The monoisotopic (exact) mass is 268 g/mol. The predicted molar refractivity (Wildman–Crippen MR) is 77.3 cm³/mol. The minimum Gasteiger partial charge on any atom is -0.361 e. The van der Waals surface area contributed by atoms with Crippen LogP contribution < -0.4 is 5.32 Å². The van der Waals surface area contributed by atoms with Gasteiger partial charge in [-0.1, -0.05) is 12.1 Å². The molecule has 102 valence electrons. The number of anilines is 1. The van der Waals surface area contributed by atoms with Gasteiger partial charge in [-0.15, -0.1) is 10.2 Å². The van der Waals surface area contributed by atoms with E-state index in [1.54, 1.807) is 6.33 Å². The van der Waals surface area contributed by atoms with E-state index in [0.717, 1.165) is 34.9 Å². The minimum atomic E-state index is 0.585. The summed E-state index contributed by atoms with van der Waals surface area (Å²) in [5, 5.41) is 11.3. The average molecular weight is 268 g/mol. The van der Waals surface area contributed by atoms with E-state index in [-0.39, 0.29) is 0 Å². The summed E-state index contributed by atoms with van der Waals surface area (Å²) in [5.74, 6) is 1.68. The molecule has 1 aromatic carbocycles. The Balaban J connectivity index is 1.85. The lowest BCUT2D eigenvalue weighted by molar-refractivity contribution is 0.707. The van der Waals surface area contributed by atoms with E-state index >= 15 is 0 Å². The van der Waals surface area contributed by atoms with Crippen molar-refractivity contribution in [1.82, 2.24) is 24.7 Å². The van der Waals surface area contributed by atoms with Gasteiger partial charge in [0.2, 0.25) is 0 Å². The van der Waals surface area contributed by atoms with Gasteiger partial charge in [0.1, 0.15) is 12.1 Å². The molecule has 20 heavy (non-hydrogen) atoms. The lowest BCUT2D eigenvalue weighted by atomic mass is 10.3. The fourth-order valence-electron chi connectivity index (χ4n) is 2.10. The molecular formula is C14H16N6. The van der Waals surface area contributed by atoms with Crippen LogP contribution in [0.5, 0.6) is 0 Å². The van der Waals surface area contributed by atoms with Crippen LogP contribution in [0.1, 0.15) is 18.4 Å². The number of para-hydroxylation sites is 2. The van der Waals surface area contributed by atoms with E-state index in [4.69, 9.17) is 0 Å². The van der Waals surface area contributed by atoms with Gasteiger partial charge in [-0.3, -0.25) is 0 Å². The fourth-order valence-corrected chi connectivity index (χ4v) is 2.10. The van der Waals surface area contributed by atoms with E-state index in [1.807, 2.05) is 35.8 Å². The first-order valence-electron chi connectivity index (χ1n) is 6.62. The van der Waals surface area contributed by atoms with Crippen molar-refractivity contribution < 1.29 is 0 Å². The third-order valence-electron chi connectivity index (χ3n) is 3.20. The summed E-state index contributed by atoms with van der Waals surface area (Å²) in [6.07, 6.45) is 1.73. The molecule has 0 aliphatic heterocycles. The largest absolute Gasteiger partial charge is 0.361 e. The molecule has 2 heterocycles. The molecule has 0 spiro atoms. The molecule has 0 aliphatic rings. The SMILES string of the molecule is CCn1cnnc1CNc1nc2ccccc2nc1C. The van der Waals surface area contributed by atoms with Crippen molar-refractivity contribution in [3.8, 4) is 0 Å². The zero-order valence-electron chi connectivity index (χ0n) is 11.5. The van der Waals surface area contributed by atoms with Gasteiger partial charge in [0.15, 0.2) is 5.82 Å². The fraction of sp³-hybridized carbons (Fsp3) is 0.286. The lowest BCUT2D eigenvalue weighted by Gasteiger charge is -2.09. The van der Waals surface area contributed by atoms with Crippen molar-refractivity contribution in [3.05, 3.63) is 42.1 Å². The second-order valence-corrected chi connectivity index (χ2v) is 4.53. The van der Waals surface area contributed by atoms with Crippen LogP contribution in [-0.4, -0.2) is 24.7 Å². The Labute approximate surface area is 116 Å². The molecule has 0 saturated heterocycles. The topological polar surface area (TPSA) is 68.5 Å². The molecule has 3 aromatic rings. The van der Waals surface area contributed by atoms with Crippen LogP contribution in [0, 0.1) is 6.92 Å². The Morgan fingerprint density at radius 3 is 2.65 bits per heavy atom. The van der Waals surface area contributed by atoms with Gasteiger partial charge < -0.3 is 9.88 Å². The van der Waals surface area contributed by atoms with E-state index in [2.05, 4.69) is 32.4 Å². The normalized spacial score (nSPS) is 10.9. The van der Waals surface area contributed by atoms with Crippen molar-refractivity contribution in [3.63, 3.8) is 0 Å². The van der Waals surface area contributed by atoms with Crippen LogP contribution in [0.2, 0.25) is 0 Å². The maximum atomic E-state index is 4.60. The summed E-state index contributed by atoms with van der Waals surface area (Å²) in [4.78, 5) is 9.15. The first-order chi connectivity index (χ1) is 9.78. The zero-order valence-corrected chi connectivity index (χ0v) is 11.5. The summed E-state index contributed by atoms with van der Waals surface area (Å²) in [6.45, 7) is 5.45. The summed E-state index contributed by atoms with van der Waals surface area (Å²) in [5.41, 5.74) is 2.68. The van der Waals surface area contributed by atoms with Gasteiger partial charge in [-0.25, -0.2) is 9.97 Å². The average Bonchev–Trinajstić information content (AvgIpc) is 2.92. The Bertz CT molecular complexity index is 733. The first kappa shape index (κ1) is 12.5. The summed E-state index contributed by atoms with van der Waals surface area (Å²) >= 11 is 0. The third kappa shape index (κ3) is 2.32. The van der Waals surface area contributed by atoms with Gasteiger partial charge in [-0.2, -0.15) is 0 Å². The van der Waals surface area contributed by atoms with Gasteiger partial charge in [0.05, 0.1) is 23.3 Å². The highest BCUT2D eigenvalue weighted by Gasteiger charge is 2.07. The maximum absolute atomic E-state index is 4.60. The van der Waals surface area contributed by atoms with Crippen molar-refractivity contribution >= 4 is 16.9 Å². The summed E-state index contributed by atoms with van der Waals surface area (Å²) < 4.78 is 2.00. The van der Waals surface area contributed by atoms with Crippen LogP contribution in [0.3, 0.4) is 0 Å². The lowest BCUT2D eigenvalue weighted by Crippen LogP contribution is -2.10. The molecule has 1 N–H and O–H groups in total. The Morgan fingerprint density at radius 2 is 1.90 bits per heavy atom. The van der Waals surface area contributed by atoms with E-state index < -0.39 is 0 Å². The molecule has 0 aliphatic carbocycles. The number of rotatable bonds is 4. The number of benzene rings is 1. The number of fused-ring (bicyclic) bond motifs is 1. The Morgan fingerprint density at radius 1 is 1.15 bits per heavy atom. The molecule has 0 fully saturated rings. The van der Waals surface area contributed by atoms with Crippen LogP contribution in [0.25, 0.3) is 11.0 Å². The molecule has 0 bridgehead atoms. The van der Waals surface area contributed by atoms with Gasteiger partial charge >= 0.3 is 0 Å². The number of aromatic nitrogens is 5. The number of hydrogen-bond donors (Lipinski definition) is 1. The van der Waals surface area contributed by atoms with Crippen molar-refractivity contribution in [2.24, 2.45) is 0 Å². The van der Waals surface area contributed by atoms with Crippen LogP contribution in [0.15, 0.2) is 30.6 Å². The maximum Gasteiger partial charge on any atom is 0.152 e. The number of nitrogens with one attached hydrogen (secondary N) is 1. The van der Waals surface area contributed by atoms with Gasteiger partial charge in [-0.05, 0) is 26.0 Å².